The van der Waals surface area contributed by atoms with Crippen molar-refractivity contribution in [3.05, 3.63) is 101 Å². The fourth-order valence-electron chi connectivity index (χ4n) is 5.14. The summed E-state index contributed by atoms with van der Waals surface area (Å²) >= 11 is 6.36. The smallest absolute Gasteiger partial charge is 0.244 e. The average Bonchev–Trinajstić information content (AvgIpc) is 3.43. The van der Waals surface area contributed by atoms with Crippen molar-refractivity contribution in [2.45, 2.75) is 57.7 Å². The van der Waals surface area contributed by atoms with Crippen molar-refractivity contribution in [2.75, 3.05) is 17.1 Å². The molecule has 0 aliphatic heterocycles. The van der Waals surface area contributed by atoms with Crippen LogP contribution in [0.1, 0.15) is 42.4 Å². The largest absolute Gasteiger partial charge is 0.352 e. The van der Waals surface area contributed by atoms with Crippen LogP contribution in [0.5, 0.6) is 0 Å². The number of anilines is 1. The molecule has 0 spiro atoms. The molecule has 1 saturated carbocycles. The van der Waals surface area contributed by atoms with Crippen LogP contribution >= 0.6 is 11.6 Å². The van der Waals surface area contributed by atoms with Crippen LogP contribution in [0.2, 0.25) is 5.02 Å². The van der Waals surface area contributed by atoms with Crippen molar-refractivity contribution in [2.24, 2.45) is 0 Å². The fourth-order valence-corrected chi connectivity index (χ4v) is 6.29. The van der Waals surface area contributed by atoms with Crippen LogP contribution in [0, 0.1) is 6.92 Å². The third-order valence-corrected chi connectivity index (χ3v) is 8.82. The zero-order valence-corrected chi connectivity index (χ0v) is 24.5. The van der Waals surface area contributed by atoms with Gasteiger partial charge in [-0.15, -0.1) is 0 Å². The highest BCUT2D eigenvalue weighted by atomic mass is 35.5. The SMILES string of the molecule is Cc1ccccc1CN(C(=O)CN(c1ccccc1Cl)S(C)(=O)=O)[C@H](Cc1ccccc1)C(=O)NC1CCCC1. The molecule has 1 atom stereocenters. The van der Waals surface area contributed by atoms with E-state index in [4.69, 9.17) is 11.6 Å². The maximum absolute atomic E-state index is 14.2. The number of para-hydroxylation sites is 1. The predicted octanol–water partition coefficient (Wildman–Crippen LogP) is 5.11. The molecule has 1 N–H and O–H groups in total. The van der Waals surface area contributed by atoms with Crippen LogP contribution in [0.4, 0.5) is 5.69 Å². The van der Waals surface area contributed by atoms with Gasteiger partial charge in [0.2, 0.25) is 21.8 Å². The maximum Gasteiger partial charge on any atom is 0.244 e. The molecular formula is C31H36ClN3O4S. The molecule has 0 bridgehead atoms. The molecule has 4 rings (SSSR count). The average molecular weight is 582 g/mol. The second kappa shape index (κ2) is 13.3. The monoisotopic (exact) mass is 581 g/mol. The van der Waals surface area contributed by atoms with Crippen LogP contribution < -0.4 is 9.62 Å². The van der Waals surface area contributed by atoms with Gasteiger partial charge in [0.05, 0.1) is 17.0 Å². The van der Waals surface area contributed by atoms with Crippen molar-refractivity contribution in [3.8, 4) is 0 Å². The Bertz CT molecular complexity index is 1430. The van der Waals surface area contributed by atoms with Crippen LogP contribution in [0.25, 0.3) is 0 Å². The second-order valence-electron chi connectivity index (χ2n) is 10.4. The number of rotatable bonds is 11. The predicted molar refractivity (Wildman–Crippen MR) is 160 cm³/mol. The Kier molecular flexibility index (Phi) is 9.87. The summed E-state index contributed by atoms with van der Waals surface area (Å²) in [5.74, 6) is -0.725. The molecule has 212 valence electrons. The van der Waals surface area contributed by atoms with Crippen molar-refractivity contribution in [1.82, 2.24) is 10.2 Å². The highest BCUT2D eigenvalue weighted by Crippen LogP contribution is 2.28. The van der Waals surface area contributed by atoms with Gasteiger partial charge in [0.1, 0.15) is 12.6 Å². The van der Waals surface area contributed by atoms with Gasteiger partial charge in [0.25, 0.3) is 0 Å². The number of nitrogens with one attached hydrogen (secondary N) is 1. The lowest BCUT2D eigenvalue weighted by Crippen LogP contribution is -2.54. The molecule has 1 aliphatic rings. The number of hydrogen-bond donors (Lipinski definition) is 1. The molecule has 0 saturated heterocycles. The van der Waals surface area contributed by atoms with E-state index in [0.29, 0.717) is 6.42 Å². The Labute approximate surface area is 242 Å². The molecular weight excluding hydrogens is 546 g/mol. The van der Waals surface area contributed by atoms with Crippen molar-refractivity contribution < 1.29 is 18.0 Å². The molecule has 1 aliphatic carbocycles. The summed E-state index contributed by atoms with van der Waals surface area (Å²) in [4.78, 5) is 29.6. The summed E-state index contributed by atoms with van der Waals surface area (Å²) in [6.45, 7) is 1.62. The Morgan fingerprint density at radius 1 is 0.950 bits per heavy atom. The second-order valence-corrected chi connectivity index (χ2v) is 12.7. The summed E-state index contributed by atoms with van der Waals surface area (Å²) in [6, 6.07) is 23.0. The number of aryl methyl sites for hydroxylation is 1. The van der Waals surface area contributed by atoms with E-state index in [9.17, 15) is 18.0 Å². The van der Waals surface area contributed by atoms with Crippen LogP contribution in [-0.4, -0.2) is 50.0 Å². The summed E-state index contributed by atoms with van der Waals surface area (Å²) in [6.07, 6.45) is 5.27. The van der Waals surface area contributed by atoms with Gasteiger partial charge in [-0.2, -0.15) is 0 Å². The van der Waals surface area contributed by atoms with E-state index in [0.717, 1.165) is 52.9 Å². The van der Waals surface area contributed by atoms with E-state index >= 15 is 0 Å². The summed E-state index contributed by atoms with van der Waals surface area (Å²) in [5, 5.41) is 3.39. The molecule has 7 nitrogen and oxygen atoms in total. The lowest BCUT2D eigenvalue weighted by atomic mass is 10.0. The minimum Gasteiger partial charge on any atom is -0.352 e. The van der Waals surface area contributed by atoms with Gasteiger partial charge in [0, 0.05) is 19.0 Å². The van der Waals surface area contributed by atoms with Crippen molar-refractivity contribution >= 4 is 39.1 Å². The third-order valence-electron chi connectivity index (χ3n) is 7.37. The minimum absolute atomic E-state index is 0.0665. The Morgan fingerprint density at radius 2 is 1.57 bits per heavy atom. The Balaban J connectivity index is 1.74. The summed E-state index contributed by atoms with van der Waals surface area (Å²) in [7, 11) is -3.87. The Morgan fingerprint density at radius 3 is 2.23 bits per heavy atom. The van der Waals surface area contributed by atoms with Crippen LogP contribution in [0.15, 0.2) is 78.9 Å². The zero-order chi connectivity index (χ0) is 28.7. The number of carbonyl (C=O) groups excluding carboxylic acids is 2. The van der Waals surface area contributed by atoms with E-state index in [-0.39, 0.29) is 29.2 Å². The van der Waals surface area contributed by atoms with Gasteiger partial charge in [-0.3, -0.25) is 13.9 Å². The van der Waals surface area contributed by atoms with E-state index in [2.05, 4.69) is 5.32 Å². The standard InChI is InChI=1S/C31H36ClN3O4S/c1-23-12-6-7-15-25(23)21-34(30(36)22-35(40(2,38)39)28-19-11-10-18-27(28)32)29(20-24-13-4-3-5-14-24)31(37)33-26-16-8-9-17-26/h3-7,10-15,18-19,26,29H,8-9,16-17,20-22H2,1-2H3,(H,33,37)/t29-/m1/s1. The van der Waals surface area contributed by atoms with E-state index < -0.39 is 28.5 Å². The quantitative estimate of drug-likeness (QED) is 0.341. The van der Waals surface area contributed by atoms with Gasteiger partial charge >= 0.3 is 0 Å². The number of halogens is 1. The van der Waals surface area contributed by atoms with Gasteiger partial charge in [-0.1, -0.05) is 91.2 Å². The third kappa shape index (κ3) is 7.64. The lowest BCUT2D eigenvalue weighted by molar-refractivity contribution is -0.140. The highest BCUT2D eigenvalue weighted by Gasteiger charge is 2.34. The van der Waals surface area contributed by atoms with Gasteiger partial charge in [0.15, 0.2) is 0 Å². The lowest BCUT2D eigenvalue weighted by Gasteiger charge is -2.34. The topological polar surface area (TPSA) is 86.8 Å². The molecule has 2 amide bonds. The molecule has 3 aromatic carbocycles. The van der Waals surface area contributed by atoms with Crippen molar-refractivity contribution in [1.29, 1.82) is 0 Å². The van der Waals surface area contributed by atoms with Crippen LogP contribution in [-0.2, 0) is 32.6 Å². The normalized spacial score (nSPS) is 14.5. The highest BCUT2D eigenvalue weighted by molar-refractivity contribution is 7.92. The first kappa shape index (κ1) is 29.6. The van der Waals surface area contributed by atoms with Gasteiger partial charge in [-0.05, 0) is 48.6 Å². The molecule has 0 radical (unpaired) electrons. The number of sulfonamides is 1. The fraction of sp³-hybridized carbons (Fsp3) is 0.355. The summed E-state index contributed by atoms with van der Waals surface area (Å²) < 4.78 is 26.8. The maximum atomic E-state index is 14.2. The first-order valence-corrected chi connectivity index (χ1v) is 15.8. The van der Waals surface area contributed by atoms with Crippen molar-refractivity contribution in [3.63, 3.8) is 0 Å². The molecule has 0 aromatic heterocycles. The molecule has 0 heterocycles. The first-order chi connectivity index (χ1) is 19.1. The van der Waals surface area contributed by atoms with Gasteiger partial charge in [-0.25, -0.2) is 8.42 Å². The van der Waals surface area contributed by atoms with Crippen LogP contribution in [0.3, 0.4) is 0 Å². The first-order valence-electron chi connectivity index (χ1n) is 13.5. The van der Waals surface area contributed by atoms with Gasteiger partial charge < -0.3 is 10.2 Å². The van der Waals surface area contributed by atoms with E-state index in [1.165, 1.54) is 4.90 Å². The molecule has 40 heavy (non-hydrogen) atoms. The number of amides is 2. The molecule has 3 aromatic rings. The summed E-state index contributed by atoms with van der Waals surface area (Å²) in [5.41, 5.74) is 2.97. The molecule has 0 unspecified atom stereocenters. The Hall–Kier alpha value is -3.36. The zero-order valence-electron chi connectivity index (χ0n) is 22.9. The number of benzene rings is 3. The van der Waals surface area contributed by atoms with E-state index in [1.807, 2.05) is 61.5 Å². The molecule has 1 fully saturated rings. The number of hydrogen-bond acceptors (Lipinski definition) is 4. The minimum atomic E-state index is -3.87. The number of carbonyl (C=O) groups is 2. The van der Waals surface area contributed by atoms with E-state index in [1.54, 1.807) is 24.3 Å². The molecule has 9 heteroatoms. The number of nitrogens with zero attached hydrogens (tertiary/aromatic N) is 2.